The molecular weight excluding hydrogens is 309 g/mol. The van der Waals surface area contributed by atoms with Gasteiger partial charge in [0.2, 0.25) is 5.82 Å². The van der Waals surface area contributed by atoms with E-state index in [1.165, 1.54) is 7.11 Å². The molecule has 7 heteroatoms. The van der Waals surface area contributed by atoms with Gasteiger partial charge in [-0.2, -0.15) is 4.39 Å². The summed E-state index contributed by atoms with van der Waals surface area (Å²) in [5, 5.41) is 22.7. The van der Waals surface area contributed by atoms with Gasteiger partial charge in [0.05, 0.1) is 12.0 Å². The predicted molar refractivity (Wildman–Crippen MR) is 65.6 cm³/mol. The second-order valence-electron chi connectivity index (χ2n) is 4.07. The Balaban J connectivity index is 3.54. The standard InChI is InChI=1S/C11H12BrFNO4/c1-5(2)10(15)6-4-7(14(16)17)9(13)8(12)11(6)18-3/h4-5,10H,1-3H3. The summed E-state index contributed by atoms with van der Waals surface area (Å²) in [7, 11) is 1.28. The third kappa shape index (κ3) is 2.62. The van der Waals surface area contributed by atoms with Gasteiger partial charge in [0.1, 0.15) is 16.3 Å². The molecule has 5 nitrogen and oxygen atoms in total. The summed E-state index contributed by atoms with van der Waals surface area (Å²) in [5.41, 5.74) is -0.661. The maximum Gasteiger partial charge on any atom is 0.306 e. The summed E-state index contributed by atoms with van der Waals surface area (Å²) in [4.78, 5) is 9.86. The summed E-state index contributed by atoms with van der Waals surface area (Å²) in [6, 6.07) is 0.941. The summed E-state index contributed by atoms with van der Waals surface area (Å²) in [6.45, 7) is 3.36. The Hall–Kier alpha value is -1.21. The summed E-state index contributed by atoms with van der Waals surface area (Å²) in [5.74, 6) is -1.33. The Morgan fingerprint density at radius 3 is 2.44 bits per heavy atom. The fourth-order valence-corrected chi connectivity index (χ4v) is 2.12. The van der Waals surface area contributed by atoms with Crippen molar-refractivity contribution in [1.29, 1.82) is 0 Å². The molecule has 18 heavy (non-hydrogen) atoms. The average Bonchev–Trinajstić information content (AvgIpc) is 2.30. The third-order valence-corrected chi connectivity index (χ3v) is 3.19. The molecule has 1 unspecified atom stereocenters. The van der Waals surface area contributed by atoms with Crippen LogP contribution in [0.4, 0.5) is 10.1 Å². The largest absolute Gasteiger partial charge is 0.495 e. The Labute approximate surface area is 112 Å². The first-order chi connectivity index (χ1) is 8.31. The van der Waals surface area contributed by atoms with E-state index in [4.69, 9.17) is 4.74 Å². The Kier molecular flexibility index (Phi) is 4.64. The van der Waals surface area contributed by atoms with Crippen LogP contribution in [0.1, 0.15) is 25.5 Å². The summed E-state index contributed by atoms with van der Waals surface area (Å²) >= 11 is 2.88. The van der Waals surface area contributed by atoms with Gasteiger partial charge < -0.3 is 4.74 Å². The zero-order chi connectivity index (χ0) is 14.0. The van der Waals surface area contributed by atoms with E-state index in [1.54, 1.807) is 13.8 Å². The number of rotatable bonds is 4. The fourth-order valence-electron chi connectivity index (χ4n) is 1.53. The number of hydrogen-bond donors (Lipinski definition) is 0. The topological polar surface area (TPSA) is 72.3 Å². The highest BCUT2D eigenvalue weighted by Crippen LogP contribution is 2.41. The molecule has 0 amide bonds. The van der Waals surface area contributed by atoms with Crippen molar-refractivity contribution in [3.05, 3.63) is 32.0 Å². The highest BCUT2D eigenvalue weighted by molar-refractivity contribution is 9.10. The van der Waals surface area contributed by atoms with Crippen LogP contribution in [0.15, 0.2) is 10.5 Å². The molecule has 0 aliphatic rings. The molecule has 0 heterocycles. The number of nitro benzene ring substituents is 1. The smallest absolute Gasteiger partial charge is 0.306 e. The second kappa shape index (κ2) is 5.62. The Bertz CT molecular complexity index is 479. The molecule has 1 aromatic carbocycles. The van der Waals surface area contributed by atoms with Crippen LogP contribution in [0, 0.1) is 21.8 Å². The molecular formula is C11H12BrFNO4. The predicted octanol–water partition coefficient (Wildman–Crippen LogP) is 3.63. The maximum absolute atomic E-state index is 13.7. The molecule has 0 saturated carbocycles. The van der Waals surface area contributed by atoms with Crippen molar-refractivity contribution in [2.75, 3.05) is 7.11 Å². The molecule has 0 saturated heterocycles. The van der Waals surface area contributed by atoms with Crippen molar-refractivity contribution in [3.63, 3.8) is 0 Å². The number of hydrogen-bond acceptors (Lipinski definition) is 3. The Morgan fingerprint density at radius 1 is 1.50 bits per heavy atom. The quantitative estimate of drug-likeness (QED) is 0.628. The van der Waals surface area contributed by atoms with E-state index in [1.807, 2.05) is 0 Å². The number of nitrogens with zero attached hydrogens (tertiary/aromatic N) is 1. The molecule has 0 fully saturated rings. The lowest BCUT2D eigenvalue weighted by Crippen LogP contribution is -2.08. The average molecular weight is 321 g/mol. The van der Waals surface area contributed by atoms with E-state index in [2.05, 4.69) is 15.9 Å². The van der Waals surface area contributed by atoms with E-state index in [0.29, 0.717) is 0 Å². The lowest BCUT2D eigenvalue weighted by atomic mass is 9.97. The van der Waals surface area contributed by atoms with Crippen molar-refractivity contribution < 1.29 is 19.2 Å². The highest BCUT2D eigenvalue weighted by Gasteiger charge is 2.29. The monoisotopic (exact) mass is 320 g/mol. The molecule has 1 rings (SSSR count). The second-order valence-corrected chi connectivity index (χ2v) is 4.86. The first kappa shape index (κ1) is 14.8. The molecule has 0 aliphatic carbocycles. The normalized spacial score (nSPS) is 12.6. The molecule has 0 aromatic heterocycles. The molecule has 0 aliphatic heterocycles. The number of halogens is 2. The lowest BCUT2D eigenvalue weighted by Gasteiger charge is -2.17. The first-order valence-electron chi connectivity index (χ1n) is 5.17. The maximum atomic E-state index is 13.7. The van der Waals surface area contributed by atoms with Gasteiger partial charge in [0.15, 0.2) is 0 Å². The number of ether oxygens (including phenoxy) is 1. The van der Waals surface area contributed by atoms with Gasteiger partial charge in [-0.05, 0) is 21.8 Å². The van der Waals surface area contributed by atoms with Gasteiger partial charge in [-0.1, -0.05) is 13.8 Å². The molecule has 0 spiro atoms. The van der Waals surface area contributed by atoms with E-state index in [9.17, 15) is 19.6 Å². The van der Waals surface area contributed by atoms with Crippen molar-refractivity contribution >= 4 is 21.6 Å². The molecule has 0 N–H and O–H groups in total. The van der Waals surface area contributed by atoms with E-state index in [0.717, 1.165) is 6.07 Å². The van der Waals surface area contributed by atoms with Crippen LogP contribution in [0.3, 0.4) is 0 Å². The van der Waals surface area contributed by atoms with E-state index >= 15 is 0 Å². The van der Waals surface area contributed by atoms with Crippen LogP contribution in [-0.4, -0.2) is 12.0 Å². The minimum absolute atomic E-state index is 0.00630. The van der Waals surface area contributed by atoms with Crippen molar-refractivity contribution in [3.8, 4) is 5.75 Å². The molecule has 1 radical (unpaired) electrons. The fraction of sp³-hybridized carbons (Fsp3) is 0.455. The van der Waals surface area contributed by atoms with Crippen LogP contribution in [0.25, 0.3) is 0 Å². The van der Waals surface area contributed by atoms with Gasteiger partial charge in [0.25, 0.3) is 0 Å². The van der Waals surface area contributed by atoms with Gasteiger partial charge in [0, 0.05) is 11.6 Å². The van der Waals surface area contributed by atoms with Crippen LogP contribution in [0.5, 0.6) is 5.75 Å². The van der Waals surface area contributed by atoms with Gasteiger partial charge >= 0.3 is 5.69 Å². The van der Waals surface area contributed by atoms with Crippen LogP contribution in [-0.2, 0) is 5.11 Å². The van der Waals surface area contributed by atoms with Crippen molar-refractivity contribution in [1.82, 2.24) is 0 Å². The number of nitro groups is 1. The van der Waals surface area contributed by atoms with E-state index < -0.39 is 22.5 Å². The summed E-state index contributed by atoms with van der Waals surface area (Å²) < 4.78 is 18.4. The van der Waals surface area contributed by atoms with Gasteiger partial charge in [-0.3, -0.25) is 10.1 Å². The minimum Gasteiger partial charge on any atom is -0.495 e. The zero-order valence-corrected chi connectivity index (χ0v) is 11.7. The Morgan fingerprint density at radius 2 is 2.06 bits per heavy atom. The van der Waals surface area contributed by atoms with Crippen molar-refractivity contribution in [2.45, 2.75) is 20.0 Å². The highest BCUT2D eigenvalue weighted by atomic mass is 79.9. The number of methoxy groups -OCH3 is 1. The third-order valence-electron chi connectivity index (χ3n) is 2.48. The lowest BCUT2D eigenvalue weighted by molar-refractivity contribution is -0.387. The zero-order valence-electron chi connectivity index (χ0n) is 10.1. The van der Waals surface area contributed by atoms with Gasteiger partial charge in [-0.25, -0.2) is 5.11 Å². The van der Waals surface area contributed by atoms with Crippen LogP contribution >= 0.6 is 15.9 Å². The minimum atomic E-state index is -1.23. The van der Waals surface area contributed by atoms with Crippen LogP contribution in [0.2, 0.25) is 0 Å². The first-order valence-corrected chi connectivity index (χ1v) is 5.96. The molecule has 1 atom stereocenters. The molecule has 1 aromatic rings. The summed E-state index contributed by atoms with van der Waals surface area (Å²) in [6.07, 6.45) is -1.23. The molecule has 0 bridgehead atoms. The van der Waals surface area contributed by atoms with Crippen molar-refractivity contribution in [2.24, 2.45) is 5.92 Å². The SMILES string of the molecule is COc1c(C([O])C(C)C)cc([N+](=O)[O-])c(F)c1Br. The molecule has 99 valence electrons. The van der Waals surface area contributed by atoms with Gasteiger partial charge in [-0.15, -0.1) is 0 Å². The van der Waals surface area contributed by atoms with E-state index in [-0.39, 0.29) is 21.7 Å². The van der Waals surface area contributed by atoms with Crippen LogP contribution < -0.4 is 4.74 Å². The number of benzene rings is 1.